The van der Waals surface area contributed by atoms with Crippen molar-refractivity contribution in [2.24, 2.45) is 5.84 Å². The lowest BCUT2D eigenvalue weighted by molar-refractivity contribution is -0.139. The number of benzene rings is 1. The molecule has 1 aliphatic heterocycles. The molecule has 124 valence electrons. The third kappa shape index (κ3) is 3.29. The molecule has 2 rings (SSSR count). The molecule has 1 heterocycles. The number of carbonyl (C=O) groups excluding carboxylic acids is 2. The lowest BCUT2D eigenvalue weighted by atomic mass is 9.95. The highest BCUT2D eigenvalue weighted by Gasteiger charge is 2.35. The van der Waals surface area contributed by atoms with Gasteiger partial charge in [0.1, 0.15) is 0 Å². The van der Waals surface area contributed by atoms with Crippen LogP contribution in [-0.4, -0.2) is 37.7 Å². The van der Waals surface area contributed by atoms with E-state index in [1.807, 2.05) is 43.3 Å². The second kappa shape index (κ2) is 6.70. The van der Waals surface area contributed by atoms with Crippen molar-refractivity contribution in [3.05, 3.63) is 41.1 Å². The van der Waals surface area contributed by atoms with Gasteiger partial charge in [0.2, 0.25) is 0 Å². The van der Waals surface area contributed by atoms with Gasteiger partial charge in [0.15, 0.2) is 0 Å². The number of esters is 1. The fourth-order valence-electron chi connectivity index (χ4n) is 2.45. The van der Waals surface area contributed by atoms with Gasteiger partial charge in [-0.05, 0) is 31.5 Å². The molecule has 7 heteroatoms. The molecule has 1 aromatic rings. The minimum absolute atomic E-state index is 0.250. The molecule has 2 amide bonds. The van der Waals surface area contributed by atoms with Crippen LogP contribution in [0.1, 0.15) is 25.5 Å². The van der Waals surface area contributed by atoms with E-state index in [1.165, 1.54) is 0 Å². The Labute approximate surface area is 135 Å². The van der Waals surface area contributed by atoms with E-state index in [0.29, 0.717) is 11.3 Å². The van der Waals surface area contributed by atoms with Crippen LogP contribution >= 0.6 is 0 Å². The molecule has 0 aliphatic carbocycles. The highest BCUT2D eigenvalue weighted by molar-refractivity contribution is 5.94. The van der Waals surface area contributed by atoms with Gasteiger partial charge < -0.3 is 15.0 Å². The Morgan fingerprint density at radius 1 is 1.35 bits per heavy atom. The van der Waals surface area contributed by atoms with Crippen molar-refractivity contribution >= 4 is 17.7 Å². The zero-order valence-electron chi connectivity index (χ0n) is 13.8. The van der Waals surface area contributed by atoms with Crippen LogP contribution in [0, 0.1) is 0 Å². The summed E-state index contributed by atoms with van der Waals surface area (Å²) in [5.74, 6) is 5.22. The summed E-state index contributed by atoms with van der Waals surface area (Å²) < 4.78 is 5.11. The van der Waals surface area contributed by atoms with Gasteiger partial charge in [-0.1, -0.05) is 12.1 Å². The monoisotopic (exact) mass is 318 g/mol. The van der Waals surface area contributed by atoms with Crippen LogP contribution in [0.3, 0.4) is 0 Å². The summed E-state index contributed by atoms with van der Waals surface area (Å²) >= 11 is 0. The molecule has 0 aromatic heterocycles. The Hall–Kier alpha value is -2.54. The number of ether oxygens (including phenoxy) is 1. The van der Waals surface area contributed by atoms with Gasteiger partial charge in [-0.3, -0.25) is 0 Å². The van der Waals surface area contributed by atoms with E-state index in [4.69, 9.17) is 10.6 Å². The summed E-state index contributed by atoms with van der Waals surface area (Å²) in [6.45, 7) is 3.61. The topological polar surface area (TPSA) is 87.9 Å². The van der Waals surface area contributed by atoms with Crippen molar-refractivity contribution in [3.8, 4) is 0 Å². The molecular weight excluding hydrogens is 296 g/mol. The maximum atomic E-state index is 12.3. The third-order valence-corrected chi connectivity index (χ3v) is 3.76. The number of nitrogens with one attached hydrogen (secondary N) is 1. The molecule has 23 heavy (non-hydrogen) atoms. The minimum atomic E-state index is -0.586. The number of hydrogen-bond donors (Lipinski definition) is 2. The van der Waals surface area contributed by atoms with Crippen LogP contribution in [0.25, 0.3) is 0 Å². The van der Waals surface area contributed by atoms with E-state index in [2.05, 4.69) is 5.32 Å². The SMILES string of the molecule is CCOC(=O)C1=C(C)N(N)C(=O)N[C@@H]1c1ccc(N(C)C)cc1. The molecule has 1 atom stereocenters. The second-order valence-electron chi connectivity index (χ2n) is 5.46. The Morgan fingerprint density at radius 2 is 1.96 bits per heavy atom. The Bertz CT molecular complexity index is 637. The molecule has 1 aromatic carbocycles. The lowest BCUT2D eigenvalue weighted by Gasteiger charge is -2.32. The van der Waals surface area contributed by atoms with E-state index < -0.39 is 18.0 Å². The van der Waals surface area contributed by atoms with Gasteiger partial charge in [-0.25, -0.2) is 20.4 Å². The van der Waals surface area contributed by atoms with Crippen molar-refractivity contribution < 1.29 is 14.3 Å². The molecular formula is C16H22N4O3. The average Bonchev–Trinajstić information content (AvgIpc) is 2.52. The number of allylic oxidation sites excluding steroid dienone is 1. The van der Waals surface area contributed by atoms with E-state index in [9.17, 15) is 9.59 Å². The first-order valence-electron chi connectivity index (χ1n) is 7.37. The Balaban J connectivity index is 2.44. The molecule has 0 spiro atoms. The molecule has 1 aliphatic rings. The first kappa shape index (κ1) is 16.8. The standard InChI is InChI=1S/C16H22N4O3/c1-5-23-15(21)13-10(2)20(17)16(22)18-14(13)11-6-8-12(9-7-11)19(3)4/h6-9,14H,5,17H2,1-4H3,(H,18,22)/t14-/m1/s1. The van der Waals surface area contributed by atoms with E-state index in [0.717, 1.165) is 16.3 Å². The summed E-state index contributed by atoms with van der Waals surface area (Å²) in [7, 11) is 3.88. The fourth-order valence-corrected chi connectivity index (χ4v) is 2.45. The molecule has 0 fully saturated rings. The summed E-state index contributed by atoms with van der Waals surface area (Å²) in [4.78, 5) is 26.3. The smallest absolute Gasteiger partial charge is 0.338 e. The van der Waals surface area contributed by atoms with Gasteiger partial charge in [0.25, 0.3) is 0 Å². The number of carbonyl (C=O) groups is 2. The molecule has 3 N–H and O–H groups in total. The van der Waals surface area contributed by atoms with Crippen molar-refractivity contribution in [2.45, 2.75) is 19.9 Å². The van der Waals surface area contributed by atoms with Crippen LogP contribution < -0.4 is 16.1 Å². The van der Waals surface area contributed by atoms with Crippen LogP contribution in [0.4, 0.5) is 10.5 Å². The number of urea groups is 1. The summed E-state index contributed by atoms with van der Waals surface area (Å²) in [5, 5.41) is 3.67. The number of rotatable bonds is 4. The number of nitrogens with two attached hydrogens (primary N) is 1. The fraction of sp³-hybridized carbons (Fsp3) is 0.375. The second-order valence-corrected chi connectivity index (χ2v) is 5.46. The summed E-state index contributed by atoms with van der Waals surface area (Å²) in [6.07, 6.45) is 0. The van der Waals surface area contributed by atoms with Crippen LogP contribution in [0.15, 0.2) is 35.5 Å². The average molecular weight is 318 g/mol. The predicted octanol–water partition coefficient (Wildman–Crippen LogP) is 1.53. The van der Waals surface area contributed by atoms with E-state index >= 15 is 0 Å². The van der Waals surface area contributed by atoms with Gasteiger partial charge in [-0.2, -0.15) is 0 Å². The van der Waals surface area contributed by atoms with E-state index in [-0.39, 0.29) is 6.61 Å². The Morgan fingerprint density at radius 3 is 2.48 bits per heavy atom. The first-order chi connectivity index (χ1) is 10.9. The van der Waals surface area contributed by atoms with Crippen molar-refractivity contribution in [1.29, 1.82) is 0 Å². The largest absolute Gasteiger partial charge is 0.463 e. The summed E-state index contributed by atoms with van der Waals surface area (Å²) in [5.41, 5.74) is 2.54. The predicted molar refractivity (Wildman–Crippen MR) is 87.4 cm³/mol. The zero-order chi connectivity index (χ0) is 17.1. The molecule has 0 saturated heterocycles. The first-order valence-corrected chi connectivity index (χ1v) is 7.37. The molecule has 7 nitrogen and oxygen atoms in total. The number of nitrogens with zero attached hydrogens (tertiary/aromatic N) is 2. The van der Waals surface area contributed by atoms with E-state index in [1.54, 1.807) is 13.8 Å². The van der Waals surface area contributed by atoms with Gasteiger partial charge in [-0.15, -0.1) is 0 Å². The molecule has 0 bridgehead atoms. The maximum absolute atomic E-state index is 12.3. The highest BCUT2D eigenvalue weighted by Crippen LogP contribution is 2.30. The molecule has 0 radical (unpaired) electrons. The third-order valence-electron chi connectivity index (χ3n) is 3.76. The van der Waals surface area contributed by atoms with Gasteiger partial charge in [0.05, 0.1) is 18.2 Å². The molecule has 0 saturated carbocycles. The maximum Gasteiger partial charge on any atom is 0.338 e. The van der Waals surface area contributed by atoms with Crippen LogP contribution in [0.5, 0.6) is 0 Å². The van der Waals surface area contributed by atoms with Crippen LogP contribution in [0.2, 0.25) is 0 Å². The quantitative estimate of drug-likeness (QED) is 0.499. The van der Waals surface area contributed by atoms with Crippen molar-refractivity contribution in [3.63, 3.8) is 0 Å². The normalized spacial score (nSPS) is 17.9. The van der Waals surface area contributed by atoms with Crippen molar-refractivity contribution in [2.75, 3.05) is 25.6 Å². The number of hydrazine groups is 1. The number of amides is 2. The summed E-state index contributed by atoms with van der Waals surface area (Å²) in [6, 6.07) is 6.55. The zero-order valence-corrected chi connectivity index (χ0v) is 13.8. The molecule has 0 unspecified atom stereocenters. The van der Waals surface area contributed by atoms with Crippen LogP contribution in [-0.2, 0) is 9.53 Å². The number of anilines is 1. The minimum Gasteiger partial charge on any atom is -0.463 e. The van der Waals surface area contributed by atoms with Crippen molar-refractivity contribution in [1.82, 2.24) is 10.3 Å². The highest BCUT2D eigenvalue weighted by atomic mass is 16.5. The Kier molecular flexibility index (Phi) is 4.90. The number of hydrogen-bond acceptors (Lipinski definition) is 5. The van der Waals surface area contributed by atoms with Gasteiger partial charge >= 0.3 is 12.0 Å². The lowest BCUT2D eigenvalue weighted by Crippen LogP contribution is -2.51. The van der Waals surface area contributed by atoms with Gasteiger partial charge in [0, 0.05) is 25.5 Å².